The van der Waals surface area contributed by atoms with Crippen molar-refractivity contribution in [1.29, 1.82) is 0 Å². The first-order chi connectivity index (χ1) is 9.26. The number of aliphatic hydroxyl groups is 1. The van der Waals surface area contributed by atoms with Crippen molar-refractivity contribution in [2.75, 3.05) is 0 Å². The van der Waals surface area contributed by atoms with E-state index in [1.165, 1.54) is 0 Å². The highest BCUT2D eigenvalue weighted by Gasteiger charge is 2.27. The standard InChI is InChI=1S/C13H23N3O4/c1-6-8(14-12(18)20-13(3,4)5)10(17)11-16-15-9(7-2)19-11/h8,10,17H,6-7H2,1-5H3,(H,14,18)/t8?,10-/m0/s1. The lowest BCUT2D eigenvalue weighted by Crippen LogP contribution is -2.42. The lowest BCUT2D eigenvalue weighted by molar-refractivity contribution is 0.0383. The zero-order valence-corrected chi connectivity index (χ0v) is 12.6. The number of rotatable bonds is 5. The first-order valence-electron chi connectivity index (χ1n) is 6.76. The van der Waals surface area contributed by atoms with Gasteiger partial charge < -0.3 is 19.6 Å². The lowest BCUT2D eigenvalue weighted by Gasteiger charge is -2.24. The molecule has 2 atom stereocenters. The molecule has 1 heterocycles. The number of carbonyl (C=O) groups excluding carboxylic acids is 1. The summed E-state index contributed by atoms with van der Waals surface area (Å²) in [7, 11) is 0. The number of carbonyl (C=O) groups is 1. The number of nitrogens with one attached hydrogen (secondary N) is 1. The van der Waals surface area contributed by atoms with Gasteiger partial charge in [0.1, 0.15) is 5.60 Å². The summed E-state index contributed by atoms with van der Waals surface area (Å²) >= 11 is 0. The molecule has 7 heteroatoms. The van der Waals surface area contributed by atoms with Gasteiger partial charge in [0.25, 0.3) is 0 Å². The fourth-order valence-electron chi connectivity index (χ4n) is 1.56. The van der Waals surface area contributed by atoms with Crippen molar-refractivity contribution in [1.82, 2.24) is 15.5 Å². The first-order valence-corrected chi connectivity index (χ1v) is 6.76. The molecule has 0 radical (unpaired) electrons. The fraction of sp³-hybridized carbons (Fsp3) is 0.769. The largest absolute Gasteiger partial charge is 0.444 e. The average molecular weight is 285 g/mol. The number of aromatic nitrogens is 2. The predicted molar refractivity (Wildman–Crippen MR) is 72.1 cm³/mol. The number of alkyl carbamates (subject to hydrolysis) is 1. The molecule has 0 aliphatic carbocycles. The van der Waals surface area contributed by atoms with Gasteiger partial charge >= 0.3 is 6.09 Å². The summed E-state index contributed by atoms with van der Waals surface area (Å²) in [5.74, 6) is 0.552. The van der Waals surface area contributed by atoms with E-state index in [2.05, 4.69) is 15.5 Å². The molecule has 1 aromatic rings. The highest BCUT2D eigenvalue weighted by molar-refractivity contribution is 5.68. The van der Waals surface area contributed by atoms with Crippen molar-refractivity contribution in [3.05, 3.63) is 11.8 Å². The van der Waals surface area contributed by atoms with Gasteiger partial charge in [-0.3, -0.25) is 0 Å². The molecule has 1 amide bonds. The number of hydrogen-bond donors (Lipinski definition) is 2. The van der Waals surface area contributed by atoms with Crippen LogP contribution in [0.4, 0.5) is 4.79 Å². The van der Waals surface area contributed by atoms with Crippen LogP contribution in [0.5, 0.6) is 0 Å². The Labute approximate surface area is 118 Å². The van der Waals surface area contributed by atoms with Crippen molar-refractivity contribution >= 4 is 6.09 Å². The monoisotopic (exact) mass is 285 g/mol. The minimum atomic E-state index is -1.06. The van der Waals surface area contributed by atoms with Crippen molar-refractivity contribution in [3.8, 4) is 0 Å². The summed E-state index contributed by atoms with van der Waals surface area (Å²) in [5, 5.41) is 20.3. The third-order valence-corrected chi connectivity index (χ3v) is 2.56. The molecule has 7 nitrogen and oxygen atoms in total. The Morgan fingerprint density at radius 2 is 2.05 bits per heavy atom. The number of ether oxygens (including phenoxy) is 1. The molecule has 114 valence electrons. The molecular formula is C13H23N3O4. The van der Waals surface area contributed by atoms with E-state index in [0.29, 0.717) is 18.7 Å². The maximum Gasteiger partial charge on any atom is 0.407 e. The third kappa shape index (κ3) is 4.80. The van der Waals surface area contributed by atoms with Gasteiger partial charge in [0.05, 0.1) is 6.04 Å². The first kappa shape index (κ1) is 16.4. The number of nitrogens with zero attached hydrogens (tertiary/aromatic N) is 2. The molecule has 1 unspecified atom stereocenters. The second-order valence-corrected chi connectivity index (χ2v) is 5.49. The van der Waals surface area contributed by atoms with E-state index >= 15 is 0 Å². The quantitative estimate of drug-likeness (QED) is 0.858. The second kappa shape index (κ2) is 6.69. The zero-order chi connectivity index (χ0) is 15.3. The van der Waals surface area contributed by atoms with E-state index in [1.807, 2.05) is 13.8 Å². The SMILES string of the molecule is CCc1nnc([C@@H](O)C(CC)NC(=O)OC(C)(C)C)o1. The van der Waals surface area contributed by atoms with E-state index in [0.717, 1.165) is 0 Å². The third-order valence-electron chi connectivity index (χ3n) is 2.56. The van der Waals surface area contributed by atoms with Crippen LogP contribution in [0.15, 0.2) is 4.42 Å². The molecule has 0 bridgehead atoms. The van der Waals surface area contributed by atoms with Crippen molar-refractivity contribution in [2.45, 2.75) is 65.2 Å². The molecular weight excluding hydrogens is 262 g/mol. The van der Waals surface area contributed by atoms with Gasteiger partial charge in [-0.25, -0.2) is 4.79 Å². The van der Waals surface area contributed by atoms with E-state index in [1.54, 1.807) is 20.8 Å². The van der Waals surface area contributed by atoms with E-state index < -0.39 is 23.8 Å². The van der Waals surface area contributed by atoms with Gasteiger partial charge in [-0.1, -0.05) is 13.8 Å². The van der Waals surface area contributed by atoms with E-state index in [-0.39, 0.29) is 5.89 Å². The average Bonchev–Trinajstić information content (AvgIpc) is 2.81. The van der Waals surface area contributed by atoms with Crippen LogP contribution in [-0.2, 0) is 11.2 Å². The van der Waals surface area contributed by atoms with Gasteiger partial charge in [0.15, 0.2) is 6.10 Å². The highest BCUT2D eigenvalue weighted by Crippen LogP contribution is 2.18. The Morgan fingerprint density at radius 3 is 2.50 bits per heavy atom. The molecule has 0 aliphatic heterocycles. The maximum absolute atomic E-state index is 11.7. The summed E-state index contributed by atoms with van der Waals surface area (Å²) in [6.45, 7) is 9.03. The van der Waals surface area contributed by atoms with Crippen LogP contribution in [0, 0.1) is 0 Å². The Hall–Kier alpha value is -1.63. The number of hydrogen-bond acceptors (Lipinski definition) is 6. The summed E-state index contributed by atoms with van der Waals surface area (Å²) < 4.78 is 10.5. The second-order valence-electron chi connectivity index (χ2n) is 5.49. The van der Waals surface area contributed by atoms with Gasteiger partial charge in [-0.15, -0.1) is 10.2 Å². The van der Waals surface area contributed by atoms with Crippen molar-refractivity contribution in [2.24, 2.45) is 0 Å². The van der Waals surface area contributed by atoms with Crippen LogP contribution >= 0.6 is 0 Å². The molecule has 2 N–H and O–H groups in total. The summed E-state index contributed by atoms with van der Waals surface area (Å²) in [5.41, 5.74) is -0.590. The Morgan fingerprint density at radius 1 is 1.40 bits per heavy atom. The lowest BCUT2D eigenvalue weighted by atomic mass is 10.1. The van der Waals surface area contributed by atoms with Gasteiger partial charge in [0.2, 0.25) is 11.8 Å². The minimum Gasteiger partial charge on any atom is -0.444 e. The molecule has 0 spiro atoms. The predicted octanol–water partition coefficient (Wildman–Crippen LogP) is 1.97. The van der Waals surface area contributed by atoms with Crippen LogP contribution in [0.1, 0.15) is 58.9 Å². The van der Waals surface area contributed by atoms with Gasteiger partial charge in [0, 0.05) is 6.42 Å². The molecule has 20 heavy (non-hydrogen) atoms. The molecule has 0 aliphatic rings. The smallest absolute Gasteiger partial charge is 0.407 e. The summed E-state index contributed by atoms with van der Waals surface area (Å²) in [6.07, 6.45) is -0.542. The zero-order valence-electron chi connectivity index (χ0n) is 12.6. The van der Waals surface area contributed by atoms with Crippen molar-refractivity contribution < 1.29 is 19.1 Å². The normalized spacial score (nSPS) is 14.7. The number of amides is 1. The fourth-order valence-corrected chi connectivity index (χ4v) is 1.56. The van der Waals surface area contributed by atoms with Gasteiger partial charge in [-0.2, -0.15) is 0 Å². The van der Waals surface area contributed by atoms with Crippen LogP contribution in [-0.4, -0.2) is 33.0 Å². The molecule has 1 aromatic heterocycles. The Balaban J connectivity index is 2.67. The molecule has 1 rings (SSSR count). The molecule has 0 saturated carbocycles. The van der Waals surface area contributed by atoms with E-state index in [9.17, 15) is 9.90 Å². The van der Waals surface area contributed by atoms with Crippen molar-refractivity contribution in [3.63, 3.8) is 0 Å². The van der Waals surface area contributed by atoms with Crippen LogP contribution in [0.25, 0.3) is 0 Å². The van der Waals surface area contributed by atoms with Crippen LogP contribution < -0.4 is 5.32 Å². The van der Waals surface area contributed by atoms with E-state index in [4.69, 9.17) is 9.15 Å². The molecule has 0 fully saturated rings. The minimum absolute atomic E-state index is 0.102. The maximum atomic E-state index is 11.7. The van der Waals surface area contributed by atoms with Crippen LogP contribution in [0.2, 0.25) is 0 Å². The summed E-state index contributed by atoms with van der Waals surface area (Å²) in [6, 6.07) is -0.546. The molecule has 0 aromatic carbocycles. The van der Waals surface area contributed by atoms with Gasteiger partial charge in [-0.05, 0) is 27.2 Å². The number of aliphatic hydroxyl groups excluding tert-OH is 1. The molecule has 0 saturated heterocycles. The Kier molecular flexibility index (Phi) is 5.50. The van der Waals surface area contributed by atoms with Crippen LogP contribution in [0.3, 0.4) is 0 Å². The highest BCUT2D eigenvalue weighted by atomic mass is 16.6. The topological polar surface area (TPSA) is 97.5 Å². The summed E-state index contributed by atoms with van der Waals surface area (Å²) in [4.78, 5) is 11.7. The Bertz CT molecular complexity index is 439. The number of aryl methyl sites for hydroxylation is 1.